The van der Waals surface area contributed by atoms with Crippen LogP contribution in [0.4, 0.5) is 11.5 Å². The lowest BCUT2D eigenvalue weighted by atomic mass is 10.0. The van der Waals surface area contributed by atoms with E-state index < -0.39 is 0 Å². The highest BCUT2D eigenvalue weighted by Crippen LogP contribution is 2.20. The first-order chi connectivity index (χ1) is 12.0. The molecule has 1 aliphatic rings. The van der Waals surface area contributed by atoms with Crippen LogP contribution >= 0.6 is 0 Å². The highest BCUT2D eigenvalue weighted by molar-refractivity contribution is 5.95. The van der Waals surface area contributed by atoms with Crippen molar-refractivity contribution in [3.63, 3.8) is 0 Å². The minimum atomic E-state index is 0.116. The van der Waals surface area contributed by atoms with E-state index in [1.54, 1.807) is 6.20 Å². The van der Waals surface area contributed by atoms with Crippen LogP contribution in [0.1, 0.15) is 21.5 Å². The van der Waals surface area contributed by atoms with E-state index in [0.717, 1.165) is 35.7 Å². The summed E-state index contributed by atoms with van der Waals surface area (Å²) >= 11 is 0. The summed E-state index contributed by atoms with van der Waals surface area (Å²) in [4.78, 5) is 18.9. The van der Waals surface area contributed by atoms with Gasteiger partial charge in [-0.25, -0.2) is 0 Å². The first kappa shape index (κ1) is 17.2. The number of aromatic nitrogens is 2. The molecule has 0 aliphatic carbocycles. The quantitative estimate of drug-likeness (QED) is 0.857. The lowest BCUT2D eigenvalue weighted by Crippen LogP contribution is -2.49. The Hall–Kier alpha value is -2.63. The van der Waals surface area contributed by atoms with Crippen LogP contribution in [0.5, 0.6) is 0 Å². The average molecular weight is 339 g/mol. The van der Waals surface area contributed by atoms with Crippen molar-refractivity contribution in [1.82, 2.24) is 15.1 Å². The summed E-state index contributed by atoms with van der Waals surface area (Å²) in [5, 5.41) is 8.33. The van der Waals surface area contributed by atoms with Crippen LogP contribution in [-0.4, -0.2) is 61.3 Å². The third-order valence-corrected chi connectivity index (χ3v) is 4.65. The van der Waals surface area contributed by atoms with Gasteiger partial charge in [0.25, 0.3) is 5.91 Å². The van der Waals surface area contributed by atoms with Gasteiger partial charge in [0.2, 0.25) is 0 Å². The summed E-state index contributed by atoms with van der Waals surface area (Å²) in [6.45, 7) is 6.96. The summed E-state index contributed by atoms with van der Waals surface area (Å²) in [6, 6.07) is 8.03. The zero-order valence-electron chi connectivity index (χ0n) is 15.4. The number of amides is 1. The summed E-state index contributed by atoms with van der Waals surface area (Å²) in [5.41, 5.74) is 4.04. The van der Waals surface area contributed by atoms with Gasteiger partial charge in [-0.3, -0.25) is 4.79 Å². The highest BCUT2D eigenvalue weighted by atomic mass is 16.2. The Bertz CT molecular complexity index is 766. The van der Waals surface area contributed by atoms with Gasteiger partial charge in [0.1, 0.15) is 0 Å². The number of hydrogen-bond donors (Lipinski definition) is 0. The average Bonchev–Trinajstić information content (AvgIpc) is 2.61. The lowest BCUT2D eigenvalue weighted by Gasteiger charge is -2.35. The van der Waals surface area contributed by atoms with E-state index in [-0.39, 0.29) is 5.91 Å². The Kier molecular flexibility index (Phi) is 4.88. The van der Waals surface area contributed by atoms with Gasteiger partial charge >= 0.3 is 0 Å². The summed E-state index contributed by atoms with van der Waals surface area (Å²) < 4.78 is 0. The fourth-order valence-corrected chi connectivity index (χ4v) is 3.11. The fraction of sp³-hybridized carbons (Fsp3) is 0.421. The van der Waals surface area contributed by atoms with E-state index in [1.807, 2.05) is 55.9 Å². The molecule has 1 aliphatic heterocycles. The zero-order valence-corrected chi connectivity index (χ0v) is 15.4. The van der Waals surface area contributed by atoms with Crippen LogP contribution < -0.4 is 9.80 Å². The van der Waals surface area contributed by atoms with Gasteiger partial charge < -0.3 is 14.7 Å². The second-order valence-corrected chi connectivity index (χ2v) is 6.76. The van der Waals surface area contributed by atoms with E-state index >= 15 is 0 Å². The van der Waals surface area contributed by atoms with Crippen molar-refractivity contribution in [3.05, 3.63) is 47.2 Å². The van der Waals surface area contributed by atoms with Gasteiger partial charge in [0, 0.05) is 51.9 Å². The second kappa shape index (κ2) is 7.09. The molecule has 1 saturated heterocycles. The van der Waals surface area contributed by atoms with Crippen LogP contribution in [0.25, 0.3) is 0 Å². The van der Waals surface area contributed by atoms with Crippen LogP contribution in [0.2, 0.25) is 0 Å². The normalized spacial score (nSPS) is 14.6. The van der Waals surface area contributed by atoms with Crippen LogP contribution in [-0.2, 0) is 0 Å². The van der Waals surface area contributed by atoms with Crippen molar-refractivity contribution in [3.8, 4) is 0 Å². The van der Waals surface area contributed by atoms with E-state index in [2.05, 4.69) is 21.2 Å². The molecule has 0 N–H and O–H groups in total. The topological polar surface area (TPSA) is 52.6 Å². The molecule has 1 aromatic heterocycles. The molecule has 0 spiro atoms. The number of anilines is 2. The van der Waals surface area contributed by atoms with Crippen LogP contribution in [0.15, 0.2) is 30.5 Å². The first-order valence-electron chi connectivity index (χ1n) is 8.57. The Morgan fingerprint density at radius 3 is 2.44 bits per heavy atom. The number of carbonyl (C=O) groups excluding carboxylic acids is 1. The molecule has 0 radical (unpaired) electrons. The van der Waals surface area contributed by atoms with Crippen molar-refractivity contribution in [1.29, 1.82) is 0 Å². The molecule has 6 nitrogen and oxygen atoms in total. The van der Waals surface area contributed by atoms with Crippen molar-refractivity contribution in [2.45, 2.75) is 13.8 Å². The number of benzene rings is 1. The van der Waals surface area contributed by atoms with Crippen LogP contribution in [0, 0.1) is 13.8 Å². The van der Waals surface area contributed by atoms with Crippen molar-refractivity contribution in [2.75, 3.05) is 50.1 Å². The zero-order chi connectivity index (χ0) is 18.0. The third-order valence-electron chi connectivity index (χ3n) is 4.65. The standard InChI is InChI=1S/C19H25N5O/c1-14-5-6-17(15(2)11-14)19(25)24-9-7-23(8-10-24)18-12-16(22(3)4)13-20-21-18/h5-6,11-13H,7-10H2,1-4H3. The molecule has 0 bridgehead atoms. The first-order valence-corrected chi connectivity index (χ1v) is 8.57. The van der Waals surface area contributed by atoms with E-state index in [9.17, 15) is 4.79 Å². The molecular formula is C19H25N5O. The number of rotatable bonds is 3. The second-order valence-electron chi connectivity index (χ2n) is 6.76. The maximum absolute atomic E-state index is 12.8. The van der Waals surface area contributed by atoms with Crippen molar-refractivity contribution >= 4 is 17.4 Å². The smallest absolute Gasteiger partial charge is 0.254 e. The predicted octanol–water partition coefficient (Wildman–Crippen LogP) is 2.12. The van der Waals surface area contributed by atoms with Gasteiger partial charge in [-0.15, -0.1) is 5.10 Å². The summed E-state index contributed by atoms with van der Waals surface area (Å²) in [7, 11) is 3.97. The maximum atomic E-state index is 12.8. The summed E-state index contributed by atoms with van der Waals surface area (Å²) in [6.07, 6.45) is 1.75. The van der Waals surface area contributed by atoms with Crippen LogP contribution in [0.3, 0.4) is 0 Å². The minimum absolute atomic E-state index is 0.116. The molecule has 0 atom stereocenters. The third kappa shape index (κ3) is 3.73. The Balaban J connectivity index is 1.67. The molecule has 25 heavy (non-hydrogen) atoms. The molecule has 1 fully saturated rings. The SMILES string of the molecule is Cc1ccc(C(=O)N2CCN(c3cc(N(C)C)cnn3)CC2)c(C)c1. The van der Waals surface area contributed by atoms with E-state index in [4.69, 9.17) is 0 Å². The fourth-order valence-electron chi connectivity index (χ4n) is 3.11. The molecule has 0 saturated carbocycles. The highest BCUT2D eigenvalue weighted by Gasteiger charge is 2.24. The molecule has 2 heterocycles. The number of aryl methyl sites for hydroxylation is 2. The van der Waals surface area contributed by atoms with Gasteiger partial charge in [0.15, 0.2) is 5.82 Å². The maximum Gasteiger partial charge on any atom is 0.254 e. The summed E-state index contributed by atoms with van der Waals surface area (Å²) in [5.74, 6) is 0.982. The number of nitrogens with zero attached hydrogens (tertiary/aromatic N) is 5. The van der Waals surface area contributed by atoms with Gasteiger partial charge in [0.05, 0.1) is 11.9 Å². The lowest BCUT2D eigenvalue weighted by molar-refractivity contribution is 0.0745. The monoisotopic (exact) mass is 339 g/mol. The van der Waals surface area contributed by atoms with Crippen molar-refractivity contribution in [2.24, 2.45) is 0 Å². The van der Waals surface area contributed by atoms with Gasteiger partial charge in [-0.1, -0.05) is 17.7 Å². The molecule has 2 aromatic rings. The Morgan fingerprint density at radius 2 is 1.80 bits per heavy atom. The molecular weight excluding hydrogens is 314 g/mol. The molecule has 3 rings (SSSR count). The van der Waals surface area contributed by atoms with Crippen molar-refractivity contribution < 1.29 is 4.79 Å². The van der Waals surface area contributed by atoms with Gasteiger partial charge in [-0.05, 0) is 25.5 Å². The van der Waals surface area contributed by atoms with E-state index in [0.29, 0.717) is 13.1 Å². The molecule has 0 unspecified atom stereocenters. The molecule has 132 valence electrons. The largest absolute Gasteiger partial charge is 0.376 e. The van der Waals surface area contributed by atoms with E-state index in [1.165, 1.54) is 5.56 Å². The minimum Gasteiger partial charge on any atom is -0.376 e. The number of hydrogen-bond acceptors (Lipinski definition) is 5. The molecule has 1 aromatic carbocycles. The molecule has 1 amide bonds. The predicted molar refractivity (Wildman–Crippen MR) is 100 cm³/mol. The van der Waals surface area contributed by atoms with Gasteiger partial charge in [-0.2, -0.15) is 5.10 Å². The Morgan fingerprint density at radius 1 is 1.08 bits per heavy atom. The molecule has 6 heteroatoms. The number of carbonyl (C=O) groups is 1. The number of piperazine rings is 1. The Labute approximate surface area is 149 Å².